The third kappa shape index (κ3) is 2.36. The third-order valence-electron chi connectivity index (χ3n) is 3.94. The highest BCUT2D eigenvalue weighted by atomic mass is 16.7. The molecule has 6 heteroatoms. The van der Waals surface area contributed by atoms with E-state index in [4.69, 9.17) is 14.6 Å². The molecule has 0 radical (unpaired) electrons. The van der Waals surface area contributed by atoms with Crippen LogP contribution < -0.4 is 4.90 Å². The molecule has 0 unspecified atom stereocenters. The quantitative estimate of drug-likeness (QED) is 0.882. The number of carboxylic acid groups (broad SMARTS) is 1. The largest absolute Gasteiger partial charge is 0.478 e. The lowest BCUT2D eigenvalue weighted by Gasteiger charge is -2.38. The molecule has 2 aliphatic heterocycles. The van der Waals surface area contributed by atoms with Crippen LogP contribution >= 0.6 is 0 Å². The predicted molar refractivity (Wildman–Crippen MR) is 72.0 cm³/mol. The van der Waals surface area contributed by atoms with Gasteiger partial charge in [0.2, 0.25) is 0 Å². The number of rotatable bonds is 2. The normalized spacial score (nSPS) is 21.4. The average molecular weight is 278 g/mol. The zero-order valence-electron chi connectivity index (χ0n) is 11.5. The lowest BCUT2D eigenvalue weighted by atomic mass is 10.0. The molecule has 1 spiro atoms. The first kappa shape index (κ1) is 13.3. The second-order valence-corrected chi connectivity index (χ2v) is 5.26. The van der Waals surface area contributed by atoms with E-state index in [0.29, 0.717) is 13.2 Å². The van der Waals surface area contributed by atoms with Gasteiger partial charge in [-0.25, -0.2) is 9.78 Å². The van der Waals surface area contributed by atoms with Crippen molar-refractivity contribution in [2.24, 2.45) is 0 Å². The maximum Gasteiger partial charge on any atom is 0.337 e. The van der Waals surface area contributed by atoms with Gasteiger partial charge in [-0.05, 0) is 18.6 Å². The molecular weight excluding hydrogens is 260 g/mol. The summed E-state index contributed by atoms with van der Waals surface area (Å²) in [6.07, 6.45) is 3.04. The van der Waals surface area contributed by atoms with E-state index in [1.165, 1.54) is 6.20 Å². The first-order valence-electron chi connectivity index (χ1n) is 6.82. The van der Waals surface area contributed by atoms with E-state index in [1.807, 2.05) is 6.92 Å². The fourth-order valence-corrected chi connectivity index (χ4v) is 2.86. The molecule has 1 aromatic rings. The van der Waals surface area contributed by atoms with Crippen LogP contribution in [0.25, 0.3) is 0 Å². The minimum Gasteiger partial charge on any atom is -0.478 e. The highest BCUT2D eigenvalue weighted by Crippen LogP contribution is 2.33. The van der Waals surface area contributed by atoms with Gasteiger partial charge in [0.1, 0.15) is 5.82 Å². The first-order valence-corrected chi connectivity index (χ1v) is 6.82. The minimum absolute atomic E-state index is 0.224. The van der Waals surface area contributed by atoms with E-state index >= 15 is 0 Å². The van der Waals surface area contributed by atoms with Crippen molar-refractivity contribution in [2.45, 2.75) is 25.6 Å². The number of pyridine rings is 1. The van der Waals surface area contributed by atoms with Crippen LogP contribution in [0.4, 0.5) is 5.82 Å². The van der Waals surface area contributed by atoms with Crippen molar-refractivity contribution in [1.29, 1.82) is 0 Å². The molecule has 108 valence electrons. The van der Waals surface area contributed by atoms with Gasteiger partial charge >= 0.3 is 5.97 Å². The van der Waals surface area contributed by atoms with Gasteiger partial charge in [-0.15, -0.1) is 0 Å². The predicted octanol–water partition coefficient (Wildman–Crippen LogP) is 1.43. The van der Waals surface area contributed by atoms with Gasteiger partial charge < -0.3 is 19.5 Å². The molecule has 0 aliphatic carbocycles. The summed E-state index contributed by atoms with van der Waals surface area (Å²) in [5.41, 5.74) is 1.11. The minimum atomic E-state index is -0.947. The average Bonchev–Trinajstić information content (AvgIpc) is 2.88. The summed E-state index contributed by atoms with van der Waals surface area (Å²) < 4.78 is 11.4. The number of ether oxygens (including phenoxy) is 2. The molecule has 3 heterocycles. The van der Waals surface area contributed by atoms with E-state index < -0.39 is 11.8 Å². The number of hydrogen-bond donors (Lipinski definition) is 1. The zero-order valence-corrected chi connectivity index (χ0v) is 11.5. The van der Waals surface area contributed by atoms with Crippen LogP contribution in [-0.2, 0) is 9.47 Å². The number of piperidine rings is 1. The fourth-order valence-electron chi connectivity index (χ4n) is 2.86. The number of aryl methyl sites for hydroxylation is 1. The molecule has 0 atom stereocenters. The van der Waals surface area contributed by atoms with Crippen LogP contribution in [0, 0.1) is 6.92 Å². The van der Waals surface area contributed by atoms with Crippen LogP contribution in [0.5, 0.6) is 0 Å². The van der Waals surface area contributed by atoms with Crippen molar-refractivity contribution in [3.63, 3.8) is 0 Å². The third-order valence-corrected chi connectivity index (χ3v) is 3.94. The van der Waals surface area contributed by atoms with Crippen molar-refractivity contribution >= 4 is 11.8 Å². The Morgan fingerprint density at radius 2 is 2.00 bits per heavy atom. The van der Waals surface area contributed by atoms with Crippen LogP contribution in [0.3, 0.4) is 0 Å². The van der Waals surface area contributed by atoms with E-state index in [2.05, 4.69) is 9.88 Å². The molecule has 0 amide bonds. The summed E-state index contributed by atoms with van der Waals surface area (Å²) in [6.45, 7) is 4.84. The Hall–Kier alpha value is -1.66. The fraction of sp³-hybridized carbons (Fsp3) is 0.571. The summed E-state index contributed by atoms with van der Waals surface area (Å²) in [5, 5.41) is 8.96. The van der Waals surface area contributed by atoms with Crippen LogP contribution in [0.1, 0.15) is 28.8 Å². The van der Waals surface area contributed by atoms with Crippen LogP contribution in [0.2, 0.25) is 0 Å². The highest BCUT2D eigenvalue weighted by Gasteiger charge is 2.40. The van der Waals surface area contributed by atoms with E-state index in [1.54, 1.807) is 6.07 Å². The molecule has 2 saturated heterocycles. The van der Waals surface area contributed by atoms with Crippen molar-refractivity contribution in [3.8, 4) is 0 Å². The monoisotopic (exact) mass is 278 g/mol. The Kier molecular flexibility index (Phi) is 3.35. The van der Waals surface area contributed by atoms with Gasteiger partial charge in [0.15, 0.2) is 5.79 Å². The second-order valence-electron chi connectivity index (χ2n) is 5.26. The number of carbonyl (C=O) groups is 1. The van der Waals surface area contributed by atoms with E-state index in [9.17, 15) is 4.79 Å². The summed E-state index contributed by atoms with van der Waals surface area (Å²) in [5.74, 6) is -0.494. The molecule has 0 saturated carbocycles. The maximum atomic E-state index is 10.9. The van der Waals surface area contributed by atoms with Gasteiger partial charge in [0, 0.05) is 32.1 Å². The Labute approximate surface area is 117 Å². The molecule has 2 fully saturated rings. The lowest BCUT2D eigenvalue weighted by molar-refractivity contribution is -0.169. The molecular formula is C14H18N2O4. The summed E-state index contributed by atoms with van der Waals surface area (Å²) in [6, 6.07) is 1.66. The molecule has 1 aromatic heterocycles. The number of aromatic nitrogens is 1. The summed E-state index contributed by atoms with van der Waals surface area (Å²) >= 11 is 0. The van der Waals surface area contributed by atoms with Gasteiger partial charge in [-0.3, -0.25) is 0 Å². The van der Waals surface area contributed by atoms with Crippen LogP contribution in [-0.4, -0.2) is 48.2 Å². The zero-order chi connectivity index (χ0) is 14.2. The van der Waals surface area contributed by atoms with Gasteiger partial charge in [-0.2, -0.15) is 0 Å². The number of aromatic carboxylic acids is 1. The smallest absolute Gasteiger partial charge is 0.337 e. The standard InChI is InChI=1S/C14H18N2O4/c1-10-8-11(13(17)18)9-15-12(10)16-4-2-14(3-5-16)19-6-7-20-14/h8-9H,2-7H2,1H3,(H,17,18). The van der Waals surface area contributed by atoms with E-state index in [-0.39, 0.29) is 5.56 Å². The SMILES string of the molecule is Cc1cc(C(=O)O)cnc1N1CCC2(CC1)OCCO2. The first-order chi connectivity index (χ1) is 9.60. The maximum absolute atomic E-state index is 10.9. The Morgan fingerprint density at radius 1 is 1.35 bits per heavy atom. The Balaban J connectivity index is 1.73. The number of nitrogens with zero attached hydrogens (tertiary/aromatic N) is 2. The number of anilines is 1. The van der Waals surface area contributed by atoms with E-state index in [0.717, 1.165) is 37.3 Å². The van der Waals surface area contributed by atoms with Crippen molar-refractivity contribution in [3.05, 3.63) is 23.4 Å². The Bertz CT molecular complexity index is 516. The van der Waals surface area contributed by atoms with Gasteiger partial charge in [0.25, 0.3) is 0 Å². The lowest BCUT2D eigenvalue weighted by Crippen LogP contribution is -2.45. The molecule has 20 heavy (non-hydrogen) atoms. The second kappa shape index (κ2) is 5.03. The van der Waals surface area contributed by atoms with Crippen molar-refractivity contribution in [2.75, 3.05) is 31.2 Å². The van der Waals surface area contributed by atoms with Gasteiger partial charge in [0.05, 0.1) is 18.8 Å². The van der Waals surface area contributed by atoms with Crippen LogP contribution in [0.15, 0.2) is 12.3 Å². The topological polar surface area (TPSA) is 71.9 Å². The Morgan fingerprint density at radius 3 is 2.55 bits per heavy atom. The molecule has 2 aliphatic rings. The molecule has 0 bridgehead atoms. The van der Waals surface area contributed by atoms with Gasteiger partial charge in [-0.1, -0.05) is 0 Å². The van der Waals surface area contributed by atoms with Crippen molar-refractivity contribution in [1.82, 2.24) is 4.98 Å². The molecule has 1 N–H and O–H groups in total. The summed E-state index contributed by atoms with van der Waals surface area (Å²) in [7, 11) is 0. The number of carboxylic acids is 1. The molecule has 3 rings (SSSR count). The molecule has 0 aromatic carbocycles. The summed E-state index contributed by atoms with van der Waals surface area (Å²) in [4.78, 5) is 17.4. The number of hydrogen-bond acceptors (Lipinski definition) is 5. The molecule has 6 nitrogen and oxygen atoms in total. The highest BCUT2D eigenvalue weighted by molar-refractivity contribution is 5.87. The van der Waals surface area contributed by atoms with Crippen molar-refractivity contribution < 1.29 is 19.4 Å².